The van der Waals surface area contributed by atoms with E-state index in [1.54, 1.807) is 5.57 Å². The Bertz CT molecular complexity index is 257. The summed E-state index contributed by atoms with van der Waals surface area (Å²) in [5.74, 6) is 0. The van der Waals surface area contributed by atoms with Crippen LogP contribution in [0, 0.1) is 0 Å². The Morgan fingerprint density at radius 2 is 2.08 bits per heavy atom. The molecule has 1 aliphatic carbocycles. The number of aromatic nitrogens is 1. The highest BCUT2D eigenvalue weighted by molar-refractivity contribution is 5.07. The smallest absolute Gasteiger partial charge is 0.0256 e. The second-order valence-corrected chi connectivity index (χ2v) is 3.43. The van der Waals surface area contributed by atoms with Crippen molar-refractivity contribution in [3.8, 4) is 0 Å². The molecule has 0 radical (unpaired) electrons. The van der Waals surface area contributed by atoms with E-state index in [2.05, 4.69) is 35.2 Å². The zero-order chi connectivity index (χ0) is 8.23. The van der Waals surface area contributed by atoms with E-state index in [0.29, 0.717) is 0 Å². The van der Waals surface area contributed by atoms with Gasteiger partial charge < -0.3 is 4.57 Å². The van der Waals surface area contributed by atoms with Crippen LogP contribution in [0.2, 0.25) is 0 Å². The van der Waals surface area contributed by atoms with Gasteiger partial charge in [-0.3, -0.25) is 0 Å². The lowest BCUT2D eigenvalue weighted by Crippen LogP contribution is -1.94. The van der Waals surface area contributed by atoms with E-state index in [9.17, 15) is 0 Å². The zero-order valence-corrected chi connectivity index (χ0v) is 7.37. The van der Waals surface area contributed by atoms with Gasteiger partial charge in [0.1, 0.15) is 0 Å². The molecule has 0 unspecified atom stereocenters. The number of allylic oxidation sites excluding steroid dienone is 2. The topological polar surface area (TPSA) is 4.93 Å². The van der Waals surface area contributed by atoms with Gasteiger partial charge in [0.2, 0.25) is 0 Å². The predicted molar refractivity (Wildman–Crippen MR) is 51.0 cm³/mol. The van der Waals surface area contributed by atoms with Crippen molar-refractivity contribution in [2.45, 2.75) is 32.2 Å². The summed E-state index contributed by atoms with van der Waals surface area (Å²) >= 11 is 0. The van der Waals surface area contributed by atoms with Gasteiger partial charge in [-0.15, -0.1) is 0 Å². The summed E-state index contributed by atoms with van der Waals surface area (Å²) in [5, 5.41) is 0. The zero-order valence-electron chi connectivity index (χ0n) is 7.37. The summed E-state index contributed by atoms with van der Waals surface area (Å²) in [4.78, 5) is 0. The molecule has 1 heteroatoms. The lowest BCUT2D eigenvalue weighted by Gasteiger charge is -2.02. The highest BCUT2D eigenvalue weighted by Gasteiger charge is 2.03. The van der Waals surface area contributed by atoms with Gasteiger partial charge in [0, 0.05) is 18.9 Å². The lowest BCUT2D eigenvalue weighted by atomic mass is 10.2. The highest BCUT2D eigenvalue weighted by Crippen LogP contribution is 2.20. The Morgan fingerprint density at radius 3 is 2.75 bits per heavy atom. The van der Waals surface area contributed by atoms with E-state index in [4.69, 9.17) is 0 Å². The molecule has 2 rings (SSSR count). The largest absolute Gasteiger partial charge is 0.354 e. The molecular weight excluding hydrogens is 146 g/mol. The van der Waals surface area contributed by atoms with E-state index in [1.165, 1.54) is 25.7 Å². The van der Waals surface area contributed by atoms with E-state index >= 15 is 0 Å². The third-order valence-corrected chi connectivity index (χ3v) is 2.49. The minimum Gasteiger partial charge on any atom is -0.354 e. The van der Waals surface area contributed by atoms with Crippen LogP contribution in [-0.4, -0.2) is 4.57 Å². The Balaban J connectivity index is 1.82. The maximum absolute atomic E-state index is 2.41. The van der Waals surface area contributed by atoms with Crippen molar-refractivity contribution in [3.63, 3.8) is 0 Å². The number of hydrogen-bond acceptors (Lipinski definition) is 0. The molecule has 0 amide bonds. The second-order valence-electron chi connectivity index (χ2n) is 3.43. The first-order valence-electron chi connectivity index (χ1n) is 4.74. The van der Waals surface area contributed by atoms with Crippen LogP contribution in [0.15, 0.2) is 36.2 Å². The minimum absolute atomic E-state index is 1.15. The minimum atomic E-state index is 1.15. The predicted octanol–water partition coefficient (Wildman–Crippen LogP) is 2.99. The number of aryl methyl sites for hydroxylation is 1. The molecule has 0 fully saturated rings. The number of rotatable bonds is 3. The van der Waals surface area contributed by atoms with Gasteiger partial charge >= 0.3 is 0 Å². The molecule has 0 atom stereocenters. The molecule has 0 N–H and O–H groups in total. The quantitative estimate of drug-likeness (QED) is 0.600. The molecule has 0 spiro atoms. The van der Waals surface area contributed by atoms with Gasteiger partial charge in [0.15, 0.2) is 0 Å². The maximum atomic E-state index is 2.41. The fraction of sp³-hybridized carbons (Fsp3) is 0.455. The SMILES string of the molecule is C1=C(CCn2cccc2)CCC1. The molecular formula is C11H15N. The molecule has 1 aromatic heterocycles. The third kappa shape index (κ3) is 1.79. The Hall–Kier alpha value is -0.980. The van der Waals surface area contributed by atoms with Gasteiger partial charge in [0.05, 0.1) is 0 Å². The van der Waals surface area contributed by atoms with Crippen LogP contribution in [0.5, 0.6) is 0 Å². The monoisotopic (exact) mass is 161 g/mol. The molecule has 0 aromatic carbocycles. The van der Waals surface area contributed by atoms with Crippen LogP contribution >= 0.6 is 0 Å². The molecule has 0 saturated carbocycles. The molecule has 1 aromatic rings. The van der Waals surface area contributed by atoms with E-state index in [0.717, 1.165) is 6.54 Å². The lowest BCUT2D eigenvalue weighted by molar-refractivity contribution is 0.683. The van der Waals surface area contributed by atoms with Gasteiger partial charge in [-0.1, -0.05) is 11.6 Å². The highest BCUT2D eigenvalue weighted by atomic mass is 14.9. The Kier molecular flexibility index (Phi) is 2.31. The Labute approximate surface area is 73.7 Å². The summed E-state index contributed by atoms with van der Waals surface area (Å²) in [6, 6.07) is 4.17. The standard InChI is InChI=1S/C11H15N/c1-2-6-11(5-1)7-10-12-8-3-4-9-12/h3-5,8-9H,1-2,6-7,10H2. The number of hydrogen-bond donors (Lipinski definition) is 0. The summed E-state index contributed by atoms with van der Waals surface area (Å²) in [5.41, 5.74) is 1.66. The van der Waals surface area contributed by atoms with Crippen LogP contribution in [0.3, 0.4) is 0 Å². The summed E-state index contributed by atoms with van der Waals surface area (Å²) in [6.07, 6.45) is 11.9. The van der Waals surface area contributed by atoms with Crippen molar-refractivity contribution >= 4 is 0 Å². The molecule has 12 heavy (non-hydrogen) atoms. The van der Waals surface area contributed by atoms with Crippen molar-refractivity contribution in [1.29, 1.82) is 0 Å². The van der Waals surface area contributed by atoms with E-state index in [-0.39, 0.29) is 0 Å². The molecule has 0 aliphatic heterocycles. The molecule has 1 nitrogen and oxygen atoms in total. The van der Waals surface area contributed by atoms with Gasteiger partial charge in [0.25, 0.3) is 0 Å². The van der Waals surface area contributed by atoms with Crippen molar-refractivity contribution in [2.24, 2.45) is 0 Å². The fourth-order valence-corrected chi connectivity index (χ4v) is 1.76. The fourth-order valence-electron chi connectivity index (χ4n) is 1.76. The van der Waals surface area contributed by atoms with E-state index in [1.807, 2.05) is 0 Å². The van der Waals surface area contributed by atoms with Gasteiger partial charge in [-0.2, -0.15) is 0 Å². The van der Waals surface area contributed by atoms with Crippen molar-refractivity contribution < 1.29 is 0 Å². The van der Waals surface area contributed by atoms with Crippen LogP contribution in [-0.2, 0) is 6.54 Å². The molecule has 64 valence electrons. The van der Waals surface area contributed by atoms with Crippen molar-refractivity contribution in [3.05, 3.63) is 36.2 Å². The second kappa shape index (κ2) is 3.61. The first-order chi connectivity index (χ1) is 5.95. The van der Waals surface area contributed by atoms with Crippen molar-refractivity contribution in [2.75, 3.05) is 0 Å². The first kappa shape index (κ1) is 7.66. The summed E-state index contributed by atoms with van der Waals surface area (Å²) in [6.45, 7) is 1.15. The summed E-state index contributed by atoms with van der Waals surface area (Å²) in [7, 11) is 0. The van der Waals surface area contributed by atoms with Crippen LogP contribution in [0.1, 0.15) is 25.7 Å². The average molecular weight is 161 g/mol. The normalized spacial score (nSPS) is 16.5. The number of nitrogens with zero attached hydrogens (tertiary/aromatic N) is 1. The van der Waals surface area contributed by atoms with Crippen LogP contribution < -0.4 is 0 Å². The van der Waals surface area contributed by atoms with Crippen molar-refractivity contribution in [1.82, 2.24) is 4.57 Å². The summed E-state index contributed by atoms with van der Waals surface area (Å²) < 4.78 is 2.25. The van der Waals surface area contributed by atoms with Gasteiger partial charge in [-0.05, 0) is 37.8 Å². The first-order valence-corrected chi connectivity index (χ1v) is 4.74. The van der Waals surface area contributed by atoms with Crippen LogP contribution in [0.4, 0.5) is 0 Å². The third-order valence-electron chi connectivity index (χ3n) is 2.49. The molecule has 0 saturated heterocycles. The Morgan fingerprint density at radius 1 is 1.25 bits per heavy atom. The van der Waals surface area contributed by atoms with Crippen LogP contribution in [0.25, 0.3) is 0 Å². The molecule has 1 heterocycles. The average Bonchev–Trinajstić information content (AvgIpc) is 2.74. The van der Waals surface area contributed by atoms with E-state index < -0.39 is 0 Å². The molecule has 0 bridgehead atoms. The maximum Gasteiger partial charge on any atom is 0.0256 e. The van der Waals surface area contributed by atoms with Gasteiger partial charge in [-0.25, -0.2) is 0 Å². The molecule has 1 aliphatic rings.